The zero-order valence-corrected chi connectivity index (χ0v) is 11.0. The minimum absolute atomic E-state index is 0.0667. The topological polar surface area (TPSA) is 60.2 Å². The van der Waals surface area contributed by atoms with E-state index in [1.807, 2.05) is 13.8 Å². The van der Waals surface area contributed by atoms with Gasteiger partial charge in [-0.2, -0.15) is 0 Å². The van der Waals surface area contributed by atoms with Crippen molar-refractivity contribution in [1.82, 2.24) is 0 Å². The highest BCUT2D eigenvalue weighted by molar-refractivity contribution is 6.35. The second-order valence-corrected chi connectivity index (χ2v) is 3.83. The largest absolute Gasteiger partial charge is 0.463 e. The van der Waals surface area contributed by atoms with Crippen LogP contribution in [0.5, 0.6) is 0 Å². The first-order valence-corrected chi connectivity index (χ1v) is 5.46. The first-order valence-electron chi connectivity index (χ1n) is 5.46. The molecule has 0 N–H and O–H groups in total. The van der Waals surface area contributed by atoms with Crippen LogP contribution in [0.25, 0.3) is 0 Å². The van der Waals surface area contributed by atoms with E-state index in [-0.39, 0.29) is 24.1 Å². The number of carbonyl (C=O) groups excluding carboxylic acids is 1. The molecule has 0 amide bonds. The van der Waals surface area contributed by atoms with Gasteiger partial charge in [0.1, 0.15) is 5.71 Å². The predicted octanol–water partition coefficient (Wildman–Crippen LogP) is 1.80. The monoisotopic (exact) mass is 250 g/mol. The van der Waals surface area contributed by atoms with Crippen LogP contribution in [0.4, 0.5) is 0 Å². The molecule has 0 saturated carbocycles. The quantitative estimate of drug-likeness (QED) is 0.299. The highest BCUT2D eigenvalue weighted by Gasteiger charge is 2.07. The molecule has 0 rings (SSSR count). The van der Waals surface area contributed by atoms with E-state index in [2.05, 4.69) is 22.6 Å². The summed E-state index contributed by atoms with van der Waals surface area (Å²) in [6.07, 6.45) is 6.30. The van der Waals surface area contributed by atoms with E-state index >= 15 is 0 Å². The molecule has 0 aliphatic rings. The Morgan fingerprint density at radius 2 is 2.17 bits per heavy atom. The number of ether oxygens (including phenoxy) is 2. The zero-order valence-electron chi connectivity index (χ0n) is 11.0. The molecule has 0 aromatic rings. The van der Waals surface area contributed by atoms with E-state index in [9.17, 15) is 4.79 Å². The van der Waals surface area contributed by atoms with Gasteiger partial charge in [0.2, 0.25) is 5.88 Å². The summed E-state index contributed by atoms with van der Waals surface area (Å²) in [5.74, 6) is 2.25. The Kier molecular flexibility index (Phi) is 7.95. The van der Waals surface area contributed by atoms with Crippen LogP contribution in [-0.4, -0.2) is 31.6 Å². The van der Waals surface area contributed by atoms with Crippen molar-refractivity contribution in [1.29, 1.82) is 0 Å². The molecule has 0 radical (unpaired) electrons. The maximum Gasteiger partial charge on any atom is 0.352 e. The van der Waals surface area contributed by atoms with Gasteiger partial charge in [0.25, 0.3) is 0 Å². The molecule has 0 bridgehead atoms. The van der Waals surface area contributed by atoms with Crippen molar-refractivity contribution in [2.75, 3.05) is 13.2 Å². The lowest BCUT2D eigenvalue weighted by Crippen LogP contribution is -2.17. The van der Waals surface area contributed by atoms with Crippen LogP contribution in [-0.2, 0) is 14.3 Å². The number of terminal acetylenes is 1. The van der Waals surface area contributed by atoms with Gasteiger partial charge in [-0.3, -0.25) is 0 Å². The van der Waals surface area contributed by atoms with Gasteiger partial charge < -0.3 is 9.47 Å². The van der Waals surface area contributed by atoms with Gasteiger partial charge in [-0.15, -0.1) is 6.42 Å². The van der Waals surface area contributed by atoms with E-state index in [1.165, 1.54) is 6.20 Å². The van der Waals surface area contributed by atoms with Crippen LogP contribution >= 0.6 is 0 Å². The van der Waals surface area contributed by atoms with Crippen molar-refractivity contribution < 1.29 is 14.3 Å². The van der Waals surface area contributed by atoms with Crippen molar-refractivity contribution in [3.05, 3.63) is 12.1 Å². The maximum atomic E-state index is 11.5. The third-order valence-corrected chi connectivity index (χ3v) is 1.67. The molecule has 0 saturated heterocycles. The van der Waals surface area contributed by atoms with Gasteiger partial charge in [-0.1, -0.05) is 19.8 Å². The van der Waals surface area contributed by atoms with E-state index in [0.717, 1.165) is 0 Å². The fourth-order valence-corrected chi connectivity index (χ4v) is 0.791. The van der Waals surface area contributed by atoms with Crippen molar-refractivity contribution in [2.24, 2.45) is 15.9 Å². The number of hydrogen-bond acceptors (Lipinski definition) is 5. The van der Waals surface area contributed by atoms with Crippen molar-refractivity contribution in [2.45, 2.75) is 20.8 Å². The summed E-state index contributed by atoms with van der Waals surface area (Å²) in [7, 11) is 0. The molecule has 5 nitrogen and oxygen atoms in total. The Hall–Kier alpha value is -2.09. The molecule has 0 unspecified atom stereocenters. The summed E-state index contributed by atoms with van der Waals surface area (Å²) < 4.78 is 10.00. The molecule has 0 heterocycles. The van der Waals surface area contributed by atoms with E-state index in [1.54, 1.807) is 6.92 Å². The minimum Gasteiger partial charge on any atom is -0.463 e. The molecule has 0 aliphatic carbocycles. The number of esters is 1. The lowest BCUT2D eigenvalue weighted by atomic mass is 10.2. The fourth-order valence-electron chi connectivity index (χ4n) is 0.791. The molecule has 98 valence electrons. The second-order valence-electron chi connectivity index (χ2n) is 3.83. The third kappa shape index (κ3) is 7.23. The van der Waals surface area contributed by atoms with Crippen molar-refractivity contribution in [3.8, 4) is 12.3 Å². The van der Waals surface area contributed by atoms with Crippen LogP contribution < -0.4 is 0 Å². The molecule has 5 heteroatoms. The molecule has 0 aromatic carbocycles. The van der Waals surface area contributed by atoms with Crippen LogP contribution in [0.15, 0.2) is 22.1 Å². The summed E-state index contributed by atoms with van der Waals surface area (Å²) in [5.41, 5.74) is 0.209. The minimum atomic E-state index is -0.472. The van der Waals surface area contributed by atoms with Gasteiger partial charge in [-0.25, -0.2) is 14.8 Å². The zero-order chi connectivity index (χ0) is 14.0. The van der Waals surface area contributed by atoms with Gasteiger partial charge in [0.05, 0.1) is 12.8 Å². The summed E-state index contributed by atoms with van der Waals surface area (Å²) in [5, 5.41) is 0. The van der Waals surface area contributed by atoms with Crippen LogP contribution in [0.1, 0.15) is 20.8 Å². The van der Waals surface area contributed by atoms with Gasteiger partial charge >= 0.3 is 5.97 Å². The normalized spacial score (nSPS) is 11.9. The number of carbonyl (C=O) groups is 1. The average Bonchev–Trinajstić information content (AvgIpc) is 2.35. The smallest absolute Gasteiger partial charge is 0.352 e. The summed E-state index contributed by atoms with van der Waals surface area (Å²) in [4.78, 5) is 18.9. The lowest BCUT2D eigenvalue weighted by molar-refractivity contribution is -0.136. The maximum absolute atomic E-state index is 11.5. The lowest BCUT2D eigenvalue weighted by Gasteiger charge is -2.06. The first-order chi connectivity index (χ1) is 8.51. The Morgan fingerprint density at radius 1 is 1.50 bits per heavy atom. The third-order valence-electron chi connectivity index (χ3n) is 1.67. The van der Waals surface area contributed by atoms with Crippen LogP contribution in [0.2, 0.25) is 0 Å². The van der Waals surface area contributed by atoms with Gasteiger partial charge in [0.15, 0.2) is 6.61 Å². The highest BCUT2D eigenvalue weighted by atomic mass is 16.5. The van der Waals surface area contributed by atoms with Crippen LogP contribution in [0.3, 0.4) is 0 Å². The molecule has 18 heavy (non-hydrogen) atoms. The predicted molar refractivity (Wildman–Crippen MR) is 71.3 cm³/mol. The summed E-state index contributed by atoms with van der Waals surface area (Å²) in [6, 6.07) is 0. The molecule has 0 fully saturated rings. The Bertz CT molecular complexity index is 390. The molecule has 0 atom stereocenters. The molecule has 0 aromatic heterocycles. The number of rotatable bonds is 7. The molecular weight excluding hydrogens is 232 g/mol. The molecular formula is C13H18N2O3. The van der Waals surface area contributed by atoms with Gasteiger partial charge in [-0.05, 0) is 19.6 Å². The average molecular weight is 250 g/mol. The summed E-state index contributed by atoms with van der Waals surface area (Å²) in [6.45, 7) is 9.17. The Morgan fingerprint density at radius 3 is 2.67 bits per heavy atom. The standard InChI is InChI=1S/C13H18N2O3/c1-6-7-17-12(14-5)8-15-11(4)13(16)18-9-10(2)3/h1,8,10H,5,7,9H2,2-4H3/b12-8+,15-11?. The number of hydrogen-bond donors (Lipinski definition) is 0. The number of nitrogens with zero attached hydrogens (tertiary/aromatic N) is 2. The van der Waals surface area contributed by atoms with E-state index < -0.39 is 5.97 Å². The fraction of sp³-hybridized carbons (Fsp3) is 0.462. The molecule has 0 aliphatic heterocycles. The SMILES string of the molecule is C#CCO/C(=C/N=C(C)C(=O)OCC(C)C)N=C. The molecule has 0 spiro atoms. The second kappa shape index (κ2) is 8.99. The summed E-state index contributed by atoms with van der Waals surface area (Å²) >= 11 is 0. The number of aliphatic imine (C=N–C) groups is 2. The van der Waals surface area contributed by atoms with Crippen LogP contribution in [0, 0.1) is 18.3 Å². The first kappa shape index (κ1) is 15.9. The van der Waals surface area contributed by atoms with Crippen molar-refractivity contribution in [3.63, 3.8) is 0 Å². The highest BCUT2D eigenvalue weighted by Crippen LogP contribution is 1.99. The Balaban J connectivity index is 4.46. The van der Waals surface area contributed by atoms with Crippen molar-refractivity contribution >= 4 is 18.4 Å². The van der Waals surface area contributed by atoms with E-state index in [0.29, 0.717) is 6.61 Å². The van der Waals surface area contributed by atoms with E-state index in [4.69, 9.17) is 15.9 Å². The Labute approximate surface area is 108 Å². The van der Waals surface area contributed by atoms with Gasteiger partial charge in [0, 0.05) is 0 Å².